The summed E-state index contributed by atoms with van der Waals surface area (Å²) in [4.78, 5) is 46.8. The Bertz CT molecular complexity index is 971. The van der Waals surface area contributed by atoms with Gasteiger partial charge >= 0.3 is 25.9 Å². The van der Waals surface area contributed by atoms with Gasteiger partial charge in [-0.3, -0.25) is 18.6 Å². The number of alkyl carbamates (subject to hydrolysis) is 1. The number of rotatable bonds is 44. The second kappa shape index (κ2) is 44.8. The highest BCUT2D eigenvalue weighted by molar-refractivity contribution is 7.47. The summed E-state index contributed by atoms with van der Waals surface area (Å²) in [6.07, 6.45) is 35.3. The minimum absolute atomic E-state index is 0. The first-order valence-electron chi connectivity index (χ1n) is 23.2. The molecule has 0 bridgehead atoms. The Kier molecular flexibility index (Phi) is 45.1. The average molecular weight is 852 g/mol. The number of amides is 1. The van der Waals surface area contributed by atoms with Crippen molar-refractivity contribution < 1.29 is 52.2 Å². The van der Waals surface area contributed by atoms with E-state index < -0.39 is 38.6 Å². The molecule has 0 radical (unpaired) electrons. The molecule has 0 spiro atoms. The van der Waals surface area contributed by atoms with Crippen molar-refractivity contribution in [3.8, 4) is 0 Å². The van der Waals surface area contributed by atoms with Crippen LogP contribution in [0.2, 0.25) is 0 Å². The quantitative estimate of drug-likeness (QED) is 0.0231. The zero-order valence-corrected chi connectivity index (χ0v) is 37.4. The van der Waals surface area contributed by atoms with Gasteiger partial charge in [-0.15, -0.1) is 0 Å². The number of hydrogen-bond donors (Lipinski definition) is 3. The molecule has 13 heteroatoms. The van der Waals surface area contributed by atoms with E-state index in [9.17, 15) is 23.8 Å². The highest BCUT2D eigenvalue weighted by atomic mass is 31.2. The number of phosphoric acid groups is 1. The maximum Gasteiger partial charge on any atom is 0.472 e. The topological polar surface area (TPSA) is 167 Å². The third-order valence-corrected chi connectivity index (χ3v) is 11.1. The number of aliphatic hydroxyl groups excluding tert-OH is 1. The second-order valence-corrected chi connectivity index (χ2v) is 17.0. The summed E-state index contributed by atoms with van der Waals surface area (Å²) < 4.78 is 37.9. The van der Waals surface area contributed by atoms with E-state index in [1.165, 1.54) is 141 Å². The molecular weight excluding hydrogens is 761 g/mol. The van der Waals surface area contributed by atoms with Crippen LogP contribution in [0.4, 0.5) is 4.79 Å². The Morgan fingerprint density at radius 3 is 1.29 bits per heavy atom. The van der Waals surface area contributed by atoms with Crippen LogP contribution in [0.25, 0.3) is 0 Å². The molecule has 12 nitrogen and oxygen atoms in total. The molecule has 0 heterocycles. The molecule has 3 N–H and O–H groups in total. The molecule has 0 aromatic carbocycles. The van der Waals surface area contributed by atoms with Gasteiger partial charge < -0.3 is 29.5 Å². The summed E-state index contributed by atoms with van der Waals surface area (Å²) in [5, 5.41) is 11.0. The SMILES string of the molecule is C.CCCCCCCCCCCCCCCCCC(=O)OCC(COP(=O)(O)OCCNC(=O)OCCO)OC(=O)CCCCCCCCCCCCCCCCC. The highest BCUT2D eigenvalue weighted by Crippen LogP contribution is 2.43. The van der Waals surface area contributed by atoms with E-state index in [1.54, 1.807) is 0 Å². The van der Waals surface area contributed by atoms with Gasteiger partial charge in [-0.2, -0.15) is 0 Å². The fraction of sp³-hybridized carbons (Fsp3) is 0.933. The van der Waals surface area contributed by atoms with Crippen LogP contribution < -0.4 is 5.32 Å². The molecule has 2 unspecified atom stereocenters. The lowest BCUT2D eigenvalue weighted by atomic mass is 10.0. The average Bonchev–Trinajstić information content (AvgIpc) is 3.19. The van der Waals surface area contributed by atoms with Gasteiger partial charge in [-0.1, -0.05) is 201 Å². The van der Waals surface area contributed by atoms with Crippen molar-refractivity contribution in [2.75, 3.05) is 39.6 Å². The molecule has 2 atom stereocenters. The van der Waals surface area contributed by atoms with Crippen molar-refractivity contribution >= 4 is 25.9 Å². The molecule has 0 aliphatic rings. The van der Waals surface area contributed by atoms with Crippen molar-refractivity contribution in [2.45, 2.75) is 233 Å². The van der Waals surface area contributed by atoms with E-state index in [0.29, 0.717) is 12.8 Å². The highest BCUT2D eigenvalue weighted by Gasteiger charge is 2.26. The van der Waals surface area contributed by atoms with Gasteiger partial charge in [-0.25, -0.2) is 9.36 Å². The van der Waals surface area contributed by atoms with Gasteiger partial charge in [0.25, 0.3) is 0 Å². The molecule has 0 aromatic rings. The minimum atomic E-state index is -4.58. The standard InChI is InChI=1S/C44H86NO11P.CH4/c1-3-5-7-9-11-13-15-17-19-21-23-25-27-29-31-33-42(47)53-39-41(40-55-57(50,51)54-37-35-45-44(49)52-38-36-46)56-43(48)34-32-30-28-26-24-22-20-18-16-14-12-10-8-6-4-2;/h41,46H,3-40H2,1-2H3,(H,45,49)(H,50,51);1H4. The van der Waals surface area contributed by atoms with Crippen LogP contribution in [0.1, 0.15) is 227 Å². The molecule has 0 fully saturated rings. The van der Waals surface area contributed by atoms with Crippen LogP contribution in [0.15, 0.2) is 0 Å². The fourth-order valence-corrected chi connectivity index (χ4v) is 7.37. The zero-order chi connectivity index (χ0) is 41.9. The van der Waals surface area contributed by atoms with Crippen molar-refractivity contribution in [1.29, 1.82) is 0 Å². The third-order valence-electron chi connectivity index (χ3n) is 10.1. The Morgan fingerprint density at radius 2 is 0.897 bits per heavy atom. The zero-order valence-electron chi connectivity index (χ0n) is 36.5. The number of hydrogen-bond acceptors (Lipinski definition) is 10. The van der Waals surface area contributed by atoms with Crippen molar-refractivity contribution in [2.24, 2.45) is 0 Å². The number of aliphatic hydroxyl groups is 1. The van der Waals surface area contributed by atoms with Gasteiger partial charge in [0.05, 0.1) is 19.8 Å². The van der Waals surface area contributed by atoms with Crippen molar-refractivity contribution in [1.82, 2.24) is 5.32 Å². The Morgan fingerprint density at radius 1 is 0.517 bits per heavy atom. The van der Waals surface area contributed by atoms with Gasteiger partial charge in [0.15, 0.2) is 6.10 Å². The first-order valence-corrected chi connectivity index (χ1v) is 24.7. The number of carbonyl (C=O) groups is 3. The summed E-state index contributed by atoms with van der Waals surface area (Å²) in [5.74, 6) is -0.910. The molecule has 0 aromatic heterocycles. The van der Waals surface area contributed by atoms with E-state index in [4.69, 9.17) is 23.6 Å². The lowest BCUT2D eigenvalue weighted by Gasteiger charge is -2.20. The van der Waals surface area contributed by atoms with Crippen LogP contribution in [0.3, 0.4) is 0 Å². The molecule has 58 heavy (non-hydrogen) atoms. The lowest BCUT2D eigenvalue weighted by Crippen LogP contribution is -2.30. The van der Waals surface area contributed by atoms with Crippen LogP contribution in [-0.4, -0.2) is 73.7 Å². The molecule has 0 aliphatic carbocycles. The second-order valence-electron chi connectivity index (χ2n) is 15.6. The van der Waals surface area contributed by atoms with Crippen molar-refractivity contribution in [3.05, 3.63) is 0 Å². The molecule has 0 saturated carbocycles. The Labute approximate surface area is 355 Å². The number of carbonyl (C=O) groups excluding carboxylic acids is 3. The van der Waals surface area contributed by atoms with Gasteiger partial charge in [0, 0.05) is 19.4 Å². The maximum atomic E-state index is 12.7. The minimum Gasteiger partial charge on any atom is -0.462 e. The lowest BCUT2D eigenvalue weighted by molar-refractivity contribution is -0.161. The summed E-state index contributed by atoms with van der Waals surface area (Å²) in [5.41, 5.74) is 0. The molecule has 1 amide bonds. The maximum absolute atomic E-state index is 12.7. The Hall–Kier alpha value is -1.72. The van der Waals surface area contributed by atoms with Crippen molar-refractivity contribution in [3.63, 3.8) is 0 Å². The molecular formula is C45H90NO11P. The van der Waals surface area contributed by atoms with E-state index >= 15 is 0 Å². The predicted octanol–water partition coefficient (Wildman–Crippen LogP) is 12.5. The van der Waals surface area contributed by atoms with E-state index in [0.717, 1.165) is 38.5 Å². The van der Waals surface area contributed by atoms with Gasteiger partial charge in [0.2, 0.25) is 0 Å². The normalized spacial score (nSPS) is 12.7. The van der Waals surface area contributed by atoms with E-state index in [1.807, 2.05) is 0 Å². The van der Waals surface area contributed by atoms with Crippen LogP contribution >= 0.6 is 7.82 Å². The molecule has 0 rings (SSSR count). The predicted molar refractivity (Wildman–Crippen MR) is 235 cm³/mol. The number of esters is 2. The van der Waals surface area contributed by atoms with Crippen LogP contribution in [-0.2, 0) is 37.4 Å². The summed E-state index contributed by atoms with van der Waals surface area (Å²) in [6, 6.07) is 0. The largest absolute Gasteiger partial charge is 0.472 e. The summed E-state index contributed by atoms with van der Waals surface area (Å²) >= 11 is 0. The van der Waals surface area contributed by atoms with Gasteiger partial charge in [0.1, 0.15) is 13.2 Å². The van der Waals surface area contributed by atoms with Crippen LogP contribution in [0.5, 0.6) is 0 Å². The third kappa shape index (κ3) is 43.8. The van der Waals surface area contributed by atoms with Gasteiger partial charge in [-0.05, 0) is 12.8 Å². The number of phosphoric ester groups is 1. The number of unbranched alkanes of at least 4 members (excludes halogenated alkanes) is 28. The fourth-order valence-electron chi connectivity index (χ4n) is 6.62. The number of nitrogens with one attached hydrogen (secondary N) is 1. The number of ether oxygens (including phenoxy) is 3. The molecule has 0 aliphatic heterocycles. The summed E-state index contributed by atoms with van der Waals surface area (Å²) in [6.45, 7) is 2.66. The Balaban J connectivity index is 0. The molecule has 346 valence electrons. The summed E-state index contributed by atoms with van der Waals surface area (Å²) in [7, 11) is -4.58. The van der Waals surface area contributed by atoms with E-state index in [-0.39, 0.29) is 53.2 Å². The first-order chi connectivity index (χ1) is 27.7. The van der Waals surface area contributed by atoms with E-state index in [2.05, 4.69) is 23.9 Å². The molecule has 0 saturated heterocycles. The monoisotopic (exact) mass is 852 g/mol. The smallest absolute Gasteiger partial charge is 0.462 e. The van der Waals surface area contributed by atoms with Crippen LogP contribution in [0, 0.1) is 0 Å². The first kappa shape index (κ1) is 58.4.